The van der Waals surface area contributed by atoms with E-state index in [9.17, 15) is 14.4 Å². The molecular weight excluding hydrogens is 412 g/mol. The first-order valence-electron chi connectivity index (χ1n) is 10.2. The van der Waals surface area contributed by atoms with Gasteiger partial charge in [-0.15, -0.1) is 6.58 Å². The Bertz CT molecular complexity index is 1000. The van der Waals surface area contributed by atoms with E-state index in [-0.39, 0.29) is 18.1 Å². The van der Waals surface area contributed by atoms with Crippen LogP contribution in [-0.2, 0) is 28.6 Å². The summed E-state index contributed by atoms with van der Waals surface area (Å²) >= 11 is 0. The van der Waals surface area contributed by atoms with Crippen molar-refractivity contribution in [1.82, 2.24) is 0 Å². The van der Waals surface area contributed by atoms with E-state index >= 15 is 0 Å². The summed E-state index contributed by atoms with van der Waals surface area (Å²) in [5, 5.41) is 0. The third-order valence-corrected chi connectivity index (χ3v) is 6.40. The first-order chi connectivity index (χ1) is 15.3. The highest BCUT2D eigenvalue weighted by atomic mass is 16.5. The molecule has 0 heterocycles. The number of ether oxygens (including phenoxy) is 4. The lowest BCUT2D eigenvalue weighted by Crippen LogP contribution is -2.40. The molecule has 0 amide bonds. The number of carbonyl (C=O) groups is 3. The lowest BCUT2D eigenvalue weighted by Gasteiger charge is -2.32. The van der Waals surface area contributed by atoms with Crippen molar-refractivity contribution in [3.63, 3.8) is 0 Å². The number of esters is 2. The second-order valence-corrected chi connectivity index (χ2v) is 7.95. The molecule has 0 aliphatic heterocycles. The predicted molar refractivity (Wildman–Crippen MR) is 118 cm³/mol. The van der Waals surface area contributed by atoms with Gasteiger partial charge in [-0.1, -0.05) is 29.9 Å². The third-order valence-electron chi connectivity index (χ3n) is 6.40. The fourth-order valence-electron chi connectivity index (χ4n) is 4.84. The lowest BCUT2D eigenvalue weighted by molar-refractivity contribution is -0.165. The Morgan fingerprint density at radius 1 is 1.06 bits per heavy atom. The zero-order chi connectivity index (χ0) is 23.6. The van der Waals surface area contributed by atoms with E-state index in [4.69, 9.17) is 18.9 Å². The summed E-state index contributed by atoms with van der Waals surface area (Å²) < 4.78 is 20.9. The second-order valence-electron chi connectivity index (χ2n) is 7.95. The standard InChI is InChI=1S/C25H28O7/c1-7-15-17(11-20(30-4)16-9-8-10-19(29-3)21(15)16)22(26)18-13-25(12-14(18)2,23(27)31-5)24(28)32-6/h7-12,15,17-18H,1,13H2,2-6H3. The Kier molecular flexibility index (Phi) is 6.57. The van der Waals surface area contributed by atoms with Crippen LogP contribution in [0.5, 0.6) is 5.75 Å². The quantitative estimate of drug-likeness (QED) is 0.365. The van der Waals surface area contributed by atoms with Crippen molar-refractivity contribution in [3.8, 4) is 5.75 Å². The van der Waals surface area contributed by atoms with Crippen LogP contribution in [0.3, 0.4) is 0 Å². The molecular formula is C25H28O7. The Morgan fingerprint density at radius 3 is 2.25 bits per heavy atom. The molecule has 0 radical (unpaired) electrons. The van der Waals surface area contributed by atoms with Gasteiger partial charge in [0.25, 0.3) is 0 Å². The van der Waals surface area contributed by atoms with Crippen molar-refractivity contribution in [3.05, 3.63) is 59.7 Å². The Morgan fingerprint density at radius 2 is 1.72 bits per heavy atom. The van der Waals surface area contributed by atoms with E-state index in [1.54, 1.807) is 33.3 Å². The van der Waals surface area contributed by atoms with Crippen LogP contribution in [0.1, 0.15) is 30.4 Å². The van der Waals surface area contributed by atoms with Gasteiger partial charge in [-0.25, -0.2) is 0 Å². The molecule has 0 bridgehead atoms. The number of Topliss-reactive ketones (excluding diaryl/α,β-unsaturated/α-hetero) is 1. The van der Waals surface area contributed by atoms with E-state index in [1.165, 1.54) is 20.3 Å². The van der Waals surface area contributed by atoms with Gasteiger partial charge in [-0.2, -0.15) is 0 Å². The maximum Gasteiger partial charge on any atom is 0.327 e. The maximum atomic E-state index is 13.8. The van der Waals surface area contributed by atoms with Crippen LogP contribution in [0, 0.1) is 17.3 Å². The number of fused-ring (bicyclic) bond motifs is 1. The van der Waals surface area contributed by atoms with Crippen LogP contribution < -0.4 is 4.74 Å². The first kappa shape index (κ1) is 23.3. The van der Waals surface area contributed by atoms with Crippen LogP contribution in [0.4, 0.5) is 0 Å². The fraction of sp³-hybridized carbons (Fsp3) is 0.400. The number of hydrogen-bond donors (Lipinski definition) is 0. The minimum absolute atomic E-state index is 0.0493. The molecule has 170 valence electrons. The number of rotatable bonds is 7. The zero-order valence-corrected chi connectivity index (χ0v) is 19.0. The molecule has 2 aliphatic carbocycles. The van der Waals surface area contributed by atoms with E-state index in [2.05, 4.69) is 6.58 Å². The molecule has 1 aromatic carbocycles. The highest BCUT2D eigenvalue weighted by molar-refractivity contribution is 6.05. The van der Waals surface area contributed by atoms with Crippen molar-refractivity contribution >= 4 is 23.5 Å². The lowest BCUT2D eigenvalue weighted by atomic mass is 9.72. The molecule has 32 heavy (non-hydrogen) atoms. The van der Waals surface area contributed by atoms with Crippen molar-refractivity contribution < 1.29 is 33.3 Å². The van der Waals surface area contributed by atoms with Crippen molar-refractivity contribution in [2.45, 2.75) is 19.3 Å². The van der Waals surface area contributed by atoms with Crippen LogP contribution >= 0.6 is 0 Å². The van der Waals surface area contributed by atoms with Gasteiger partial charge >= 0.3 is 11.9 Å². The summed E-state index contributed by atoms with van der Waals surface area (Å²) in [7, 11) is 5.53. The van der Waals surface area contributed by atoms with Crippen LogP contribution in [0.15, 0.2) is 48.6 Å². The van der Waals surface area contributed by atoms with Crippen LogP contribution in [0.2, 0.25) is 0 Å². The van der Waals surface area contributed by atoms with E-state index in [1.807, 2.05) is 18.2 Å². The molecule has 3 atom stereocenters. The van der Waals surface area contributed by atoms with E-state index in [0.29, 0.717) is 17.1 Å². The highest BCUT2D eigenvalue weighted by Crippen LogP contribution is 2.49. The molecule has 0 N–H and O–H groups in total. The first-order valence-corrected chi connectivity index (χ1v) is 10.2. The van der Waals surface area contributed by atoms with Crippen LogP contribution in [0.25, 0.3) is 5.76 Å². The van der Waals surface area contributed by atoms with Gasteiger partial charge in [0.2, 0.25) is 0 Å². The molecule has 0 spiro atoms. The Hall–Kier alpha value is -3.35. The topological polar surface area (TPSA) is 88.1 Å². The summed E-state index contributed by atoms with van der Waals surface area (Å²) in [6.45, 7) is 5.69. The van der Waals surface area contributed by atoms with Gasteiger partial charge < -0.3 is 18.9 Å². The Balaban J connectivity index is 2.06. The third kappa shape index (κ3) is 3.51. The number of allylic oxidation sites excluding steroid dienone is 3. The molecule has 0 saturated heterocycles. The van der Waals surface area contributed by atoms with Crippen molar-refractivity contribution in [1.29, 1.82) is 0 Å². The molecule has 3 unspecified atom stereocenters. The van der Waals surface area contributed by atoms with Gasteiger partial charge in [-0.3, -0.25) is 14.4 Å². The van der Waals surface area contributed by atoms with E-state index in [0.717, 1.165) is 11.1 Å². The summed E-state index contributed by atoms with van der Waals surface area (Å²) in [6.07, 6.45) is 4.94. The van der Waals surface area contributed by atoms with Gasteiger partial charge in [0.1, 0.15) is 17.3 Å². The average molecular weight is 440 g/mol. The van der Waals surface area contributed by atoms with Gasteiger partial charge in [-0.05, 0) is 25.5 Å². The molecule has 1 aromatic rings. The zero-order valence-electron chi connectivity index (χ0n) is 19.0. The monoisotopic (exact) mass is 440 g/mol. The van der Waals surface area contributed by atoms with Crippen molar-refractivity contribution in [2.24, 2.45) is 17.3 Å². The molecule has 7 heteroatoms. The summed E-state index contributed by atoms with van der Waals surface area (Å²) in [6, 6.07) is 5.60. The number of benzene rings is 1. The van der Waals surface area contributed by atoms with Gasteiger partial charge in [0.05, 0.1) is 34.4 Å². The highest BCUT2D eigenvalue weighted by Gasteiger charge is 2.54. The number of ketones is 1. The Labute approximate surface area is 187 Å². The predicted octanol–water partition coefficient (Wildman–Crippen LogP) is 3.45. The summed E-state index contributed by atoms with van der Waals surface area (Å²) in [4.78, 5) is 38.9. The molecule has 0 saturated carbocycles. The molecule has 0 fully saturated rings. The number of hydrogen-bond acceptors (Lipinski definition) is 7. The minimum atomic E-state index is -1.64. The normalized spacial score (nSPS) is 23.2. The smallest absolute Gasteiger partial charge is 0.327 e. The fourth-order valence-corrected chi connectivity index (χ4v) is 4.84. The van der Waals surface area contributed by atoms with E-state index < -0.39 is 29.2 Å². The second kappa shape index (κ2) is 9.02. The van der Waals surface area contributed by atoms with Crippen LogP contribution in [-0.4, -0.2) is 46.2 Å². The molecule has 3 rings (SSSR count). The maximum absolute atomic E-state index is 13.8. The SMILES string of the molecule is C=CC1c2c(OC)cccc2C(OC)=CC1C(=O)C1CC(C(=O)OC)(C(=O)OC)C=C1C. The average Bonchev–Trinajstić information content (AvgIpc) is 3.19. The molecule has 7 nitrogen and oxygen atoms in total. The number of methoxy groups -OCH3 is 4. The molecule has 2 aliphatic rings. The number of carbonyl (C=O) groups excluding carboxylic acids is 3. The molecule has 0 aromatic heterocycles. The summed E-state index contributed by atoms with van der Waals surface area (Å²) in [5.41, 5.74) is 0.620. The van der Waals surface area contributed by atoms with Gasteiger partial charge in [0.15, 0.2) is 5.41 Å². The van der Waals surface area contributed by atoms with Crippen molar-refractivity contribution in [2.75, 3.05) is 28.4 Å². The minimum Gasteiger partial charge on any atom is -0.496 e. The summed E-state index contributed by atoms with van der Waals surface area (Å²) in [5.74, 6) is -2.12. The largest absolute Gasteiger partial charge is 0.496 e. The van der Waals surface area contributed by atoms with Gasteiger partial charge in [0, 0.05) is 23.0 Å².